The molecule has 0 radical (unpaired) electrons. The van der Waals surface area contributed by atoms with E-state index in [1.807, 2.05) is 30.3 Å². The van der Waals surface area contributed by atoms with Crippen LogP contribution in [0.4, 0.5) is 5.69 Å². The Labute approximate surface area is 110 Å². The number of thioether (sulfide) groups is 1. The Balaban J connectivity index is 1.85. The first kappa shape index (κ1) is 12.4. The van der Waals surface area contributed by atoms with E-state index in [1.54, 1.807) is 29.9 Å². The van der Waals surface area contributed by atoms with Crippen molar-refractivity contribution < 1.29 is 4.79 Å². The van der Waals surface area contributed by atoms with Gasteiger partial charge in [0.2, 0.25) is 5.91 Å². The number of hydrogen-bond acceptors (Lipinski definition) is 3. The fourth-order valence-electron chi connectivity index (χ4n) is 1.29. The molecule has 1 aromatic carbocycles. The van der Waals surface area contributed by atoms with Crippen LogP contribution >= 0.6 is 11.8 Å². The van der Waals surface area contributed by atoms with Crippen molar-refractivity contribution in [3.05, 3.63) is 66.3 Å². The minimum absolute atomic E-state index is 0.161. The maximum Gasteiger partial charge on any atom is 0.248 e. The largest absolute Gasteiger partial charge is 0.321 e. The number of aromatic nitrogens is 1. The Morgan fingerprint density at radius 3 is 2.72 bits per heavy atom. The summed E-state index contributed by atoms with van der Waals surface area (Å²) in [6.45, 7) is 0. The monoisotopic (exact) mass is 256 g/mol. The van der Waals surface area contributed by atoms with Gasteiger partial charge in [0.1, 0.15) is 0 Å². The van der Waals surface area contributed by atoms with Crippen molar-refractivity contribution in [2.24, 2.45) is 0 Å². The molecule has 0 fully saturated rings. The van der Waals surface area contributed by atoms with Gasteiger partial charge in [0.05, 0.1) is 11.9 Å². The van der Waals surface area contributed by atoms with E-state index in [1.165, 1.54) is 17.8 Å². The lowest BCUT2D eigenvalue weighted by atomic mass is 10.4. The summed E-state index contributed by atoms with van der Waals surface area (Å²) in [5.41, 5.74) is 0.692. The molecule has 1 amide bonds. The number of carbonyl (C=O) groups excluding carboxylic acids is 1. The van der Waals surface area contributed by atoms with E-state index in [-0.39, 0.29) is 5.91 Å². The molecule has 3 nitrogen and oxygen atoms in total. The number of amides is 1. The van der Waals surface area contributed by atoms with Gasteiger partial charge in [0, 0.05) is 17.2 Å². The van der Waals surface area contributed by atoms with E-state index in [0.29, 0.717) is 5.69 Å². The molecule has 0 aliphatic carbocycles. The topological polar surface area (TPSA) is 42.0 Å². The van der Waals surface area contributed by atoms with Crippen molar-refractivity contribution in [2.45, 2.75) is 4.90 Å². The number of benzene rings is 1. The van der Waals surface area contributed by atoms with Crippen molar-refractivity contribution in [3.8, 4) is 0 Å². The summed E-state index contributed by atoms with van der Waals surface area (Å²) in [7, 11) is 0. The molecule has 0 spiro atoms. The standard InChI is InChI=1S/C14H12N2OS/c17-14(16-12-5-4-9-15-11-12)8-10-18-13-6-2-1-3-7-13/h1-11H,(H,16,17)/b10-8+. The van der Waals surface area contributed by atoms with Gasteiger partial charge in [-0.15, -0.1) is 0 Å². The fraction of sp³-hybridized carbons (Fsp3) is 0. The molecule has 2 rings (SSSR count). The van der Waals surface area contributed by atoms with E-state index < -0.39 is 0 Å². The normalized spacial score (nSPS) is 10.4. The Bertz CT molecular complexity index is 526. The minimum Gasteiger partial charge on any atom is -0.321 e. The van der Waals surface area contributed by atoms with Crippen LogP contribution in [0.1, 0.15) is 0 Å². The van der Waals surface area contributed by atoms with Crippen LogP contribution in [0.15, 0.2) is 71.2 Å². The molecule has 2 aromatic rings. The van der Waals surface area contributed by atoms with Gasteiger partial charge in [-0.1, -0.05) is 30.0 Å². The van der Waals surface area contributed by atoms with Gasteiger partial charge in [-0.2, -0.15) is 0 Å². The van der Waals surface area contributed by atoms with Crippen LogP contribution in [0.3, 0.4) is 0 Å². The minimum atomic E-state index is -0.161. The number of hydrogen-bond donors (Lipinski definition) is 1. The Morgan fingerprint density at radius 2 is 2.00 bits per heavy atom. The average Bonchev–Trinajstić information content (AvgIpc) is 2.41. The summed E-state index contributed by atoms with van der Waals surface area (Å²) in [6.07, 6.45) is 4.78. The van der Waals surface area contributed by atoms with E-state index in [4.69, 9.17) is 0 Å². The van der Waals surface area contributed by atoms with Crippen LogP contribution in [0.2, 0.25) is 0 Å². The van der Waals surface area contributed by atoms with E-state index in [9.17, 15) is 4.79 Å². The van der Waals surface area contributed by atoms with Crippen LogP contribution in [-0.2, 0) is 4.79 Å². The first-order valence-electron chi connectivity index (χ1n) is 5.44. The second-order valence-corrected chi connectivity index (χ2v) is 4.44. The Hall–Kier alpha value is -2.07. The second kappa shape index (κ2) is 6.61. The lowest BCUT2D eigenvalue weighted by Gasteiger charge is -1.99. The lowest BCUT2D eigenvalue weighted by molar-refractivity contribution is -0.111. The summed E-state index contributed by atoms with van der Waals surface area (Å²) in [6, 6.07) is 13.4. The summed E-state index contributed by atoms with van der Waals surface area (Å²) in [4.78, 5) is 16.6. The molecule has 0 saturated heterocycles. The highest BCUT2D eigenvalue weighted by atomic mass is 32.2. The molecule has 1 heterocycles. The number of anilines is 1. The summed E-state index contributed by atoms with van der Waals surface area (Å²) in [5, 5.41) is 4.49. The molecular weight excluding hydrogens is 244 g/mol. The quantitative estimate of drug-likeness (QED) is 0.674. The first-order valence-corrected chi connectivity index (χ1v) is 6.32. The van der Waals surface area contributed by atoms with Gasteiger partial charge in [0.25, 0.3) is 0 Å². The molecule has 4 heteroatoms. The first-order chi connectivity index (χ1) is 8.84. The van der Waals surface area contributed by atoms with E-state index in [2.05, 4.69) is 10.3 Å². The highest BCUT2D eigenvalue weighted by Gasteiger charge is 1.96. The van der Waals surface area contributed by atoms with Crippen molar-refractivity contribution in [3.63, 3.8) is 0 Å². The molecule has 0 atom stereocenters. The van der Waals surface area contributed by atoms with Gasteiger partial charge >= 0.3 is 0 Å². The molecule has 0 bridgehead atoms. The zero-order valence-corrected chi connectivity index (χ0v) is 10.4. The van der Waals surface area contributed by atoms with Crippen LogP contribution in [0.25, 0.3) is 0 Å². The van der Waals surface area contributed by atoms with Gasteiger partial charge in [-0.25, -0.2) is 0 Å². The number of rotatable bonds is 4. The molecular formula is C14H12N2OS. The lowest BCUT2D eigenvalue weighted by Crippen LogP contribution is -2.07. The third-order valence-electron chi connectivity index (χ3n) is 2.10. The highest BCUT2D eigenvalue weighted by molar-refractivity contribution is 8.02. The SMILES string of the molecule is O=C(/C=C/Sc1ccccc1)Nc1cccnc1. The predicted molar refractivity (Wildman–Crippen MR) is 74.3 cm³/mol. The maximum atomic E-state index is 11.6. The average molecular weight is 256 g/mol. The summed E-state index contributed by atoms with van der Waals surface area (Å²) in [5.74, 6) is -0.161. The third kappa shape index (κ3) is 4.07. The highest BCUT2D eigenvalue weighted by Crippen LogP contribution is 2.17. The Morgan fingerprint density at radius 1 is 1.17 bits per heavy atom. The van der Waals surface area contributed by atoms with Gasteiger partial charge < -0.3 is 5.32 Å². The van der Waals surface area contributed by atoms with Crippen molar-refractivity contribution in [1.82, 2.24) is 4.98 Å². The summed E-state index contributed by atoms with van der Waals surface area (Å²) >= 11 is 1.50. The van der Waals surface area contributed by atoms with Gasteiger partial charge in [0.15, 0.2) is 0 Å². The predicted octanol–water partition coefficient (Wildman–Crippen LogP) is 3.33. The second-order valence-electron chi connectivity index (χ2n) is 3.46. The number of nitrogens with one attached hydrogen (secondary N) is 1. The number of pyridine rings is 1. The molecule has 18 heavy (non-hydrogen) atoms. The third-order valence-corrected chi connectivity index (χ3v) is 2.91. The number of carbonyl (C=O) groups is 1. The smallest absolute Gasteiger partial charge is 0.248 e. The zero-order chi connectivity index (χ0) is 12.6. The molecule has 1 N–H and O–H groups in total. The molecule has 0 aliphatic rings. The van der Waals surface area contributed by atoms with Gasteiger partial charge in [-0.05, 0) is 29.7 Å². The molecule has 0 aliphatic heterocycles. The maximum absolute atomic E-state index is 11.6. The number of nitrogens with zero attached hydrogens (tertiary/aromatic N) is 1. The molecule has 0 unspecified atom stereocenters. The van der Waals surface area contributed by atoms with E-state index in [0.717, 1.165) is 4.90 Å². The van der Waals surface area contributed by atoms with Crippen LogP contribution < -0.4 is 5.32 Å². The van der Waals surface area contributed by atoms with Crippen molar-refractivity contribution in [2.75, 3.05) is 5.32 Å². The molecule has 0 saturated carbocycles. The fourth-order valence-corrected chi connectivity index (χ4v) is 1.96. The Kier molecular flexibility index (Phi) is 4.55. The molecule has 1 aromatic heterocycles. The zero-order valence-electron chi connectivity index (χ0n) is 9.61. The van der Waals surface area contributed by atoms with Crippen LogP contribution in [0, 0.1) is 0 Å². The van der Waals surface area contributed by atoms with Gasteiger partial charge in [-0.3, -0.25) is 9.78 Å². The van der Waals surface area contributed by atoms with Crippen molar-refractivity contribution >= 4 is 23.4 Å². The summed E-state index contributed by atoms with van der Waals surface area (Å²) < 4.78 is 0. The van der Waals surface area contributed by atoms with Crippen LogP contribution in [0.5, 0.6) is 0 Å². The molecule has 90 valence electrons. The van der Waals surface area contributed by atoms with Crippen LogP contribution in [-0.4, -0.2) is 10.9 Å². The van der Waals surface area contributed by atoms with Crippen molar-refractivity contribution in [1.29, 1.82) is 0 Å². The van der Waals surface area contributed by atoms with E-state index >= 15 is 0 Å².